The maximum Gasteiger partial charge on any atom is 0.306 e. The number of unbranched alkanes of at least 4 members (excludes halogenated alkanes) is 11. The van der Waals surface area contributed by atoms with Gasteiger partial charge in [0, 0.05) is 19.3 Å². The van der Waals surface area contributed by atoms with Gasteiger partial charge in [-0.05, 0) is 83.5 Å². The molecule has 0 rings (SSSR count). The fourth-order valence-corrected chi connectivity index (χ4v) is 5.54. The van der Waals surface area contributed by atoms with Crippen LogP contribution in [-0.4, -0.2) is 37.2 Å². The molecule has 0 aromatic rings. The Hall–Kier alpha value is -4.97. The lowest BCUT2D eigenvalue weighted by Gasteiger charge is -2.18. The SMILES string of the molecule is CC\C=C/C=C\C=C/C=C\C=C\C=C/CCCCCC(=O)OC(COC(=O)CCCC/C=C\C/C=C\CC)COC(=O)CCCCCCC\C=C/C=C\C=C/C=C\C=C/CCC. The highest BCUT2D eigenvalue weighted by Gasteiger charge is 2.19. The molecule has 1 atom stereocenters. The van der Waals surface area contributed by atoms with E-state index in [2.05, 4.69) is 81.5 Å². The van der Waals surface area contributed by atoms with Crippen LogP contribution in [0.2, 0.25) is 0 Å². The van der Waals surface area contributed by atoms with E-state index >= 15 is 0 Å². The van der Waals surface area contributed by atoms with Gasteiger partial charge in [-0.15, -0.1) is 0 Å². The first-order valence-electron chi connectivity index (χ1n) is 23.6. The van der Waals surface area contributed by atoms with Crippen molar-refractivity contribution in [1.29, 1.82) is 0 Å². The summed E-state index contributed by atoms with van der Waals surface area (Å²) in [6, 6.07) is 0. The predicted octanol–water partition coefficient (Wildman–Crippen LogP) is 15.5. The van der Waals surface area contributed by atoms with Gasteiger partial charge in [-0.3, -0.25) is 14.4 Å². The Morgan fingerprint density at radius 2 is 0.710 bits per heavy atom. The van der Waals surface area contributed by atoms with E-state index in [1.807, 2.05) is 97.2 Å². The van der Waals surface area contributed by atoms with Crippen LogP contribution in [0.4, 0.5) is 0 Å². The van der Waals surface area contributed by atoms with E-state index in [4.69, 9.17) is 14.2 Å². The molecular formula is C56H82O6. The van der Waals surface area contributed by atoms with Crippen LogP contribution in [0, 0.1) is 0 Å². The number of esters is 3. The van der Waals surface area contributed by atoms with Crippen LogP contribution >= 0.6 is 0 Å². The summed E-state index contributed by atoms with van der Waals surface area (Å²) in [6.45, 7) is 6.14. The lowest BCUT2D eigenvalue weighted by Crippen LogP contribution is -2.30. The summed E-state index contributed by atoms with van der Waals surface area (Å²) in [6.07, 6.45) is 70.8. The Morgan fingerprint density at radius 3 is 1.21 bits per heavy atom. The first-order chi connectivity index (χ1) is 30.5. The molecule has 6 heteroatoms. The number of hydrogen-bond donors (Lipinski definition) is 0. The first-order valence-corrected chi connectivity index (χ1v) is 23.6. The van der Waals surface area contributed by atoms with Crippen molar-refractivity contribution in [2.24, 2.45) is 0 Å². The molecule has 0 aromatic heterocycles. The molecule has 0 amide bonds. The average molecular weight is 851 g/mol. The maximum absolute atomic E-state index is 12.7. The highest BCUT2D eigenvalue weighted by Crippen LogP contribution is 2.11. The van der Waals surface area contributed by atoms with E-state index in [0.717, 1.165) is 96.3 Å². The summed E-state index contributed by atoms with van der Waals surface area (Å²) in [4.78, 5) is 37.8. The first kappa shape index (κ1) is 57.0. The Labute approximate surface area is 378 Å². The molecule has 0 heterocycles. The van der Waals surface area contributed by atoms with Crippen LogP contribution in [0.25, 0.3) is 0 Å². The van der Waals surface area contributed by atoms with Crippen molar-refractivity contribution in [2.75, 3.05) is 13.2 Å². The summed E-state index contributed by atoms with van der Waals surface area (Å²) in [5.74, 6) is -1.05. The molecule has 0 aliphatic rings. The molecule has 0 bridgehead atoms. The fraction of sp³-hybridized carbons (Fsp3) is 0.482. The zero-order chi connectivity index (χ0) is 45.1. The Balaban J connectivity index is 4.57. The van der Waals surface area contributed by atoms with Crippen LogP contribution in [0.5, 0.6) is 0 Å². The minimum atomic E-state index is -0.832. The molecule has 0 aliphatic carbocycles. The minimum Gasteiger partial charge on any atom is -0.462 e. The molecule has 342 valence electrons. The number of allylic oxidation sites excluding steroid dienone is 26. The lowest BCUT2D eigenvalue weighted by atomic mass is 10.1. The number of carbonyl (C=O) groups is 3. The highest BCUT2D eigenvalue weighted by atomic mass is 16.6. The van der Waals surface area contributed by atoms with Crippen molar-refractivity contribution in [1.82, 2.24) is 0 Å². The number of hydrogen-bond acceptors (Lipinski definition) is 6. The quantitative estimate of drug-likeness (QED) is 0.0202. The van der Waals surface area contributed by atoms with Gasteiger partial charge >= 0.3 is 17.9 Å². The average Bonchev–Trinajstić information content (AvgIpc) is 3.27. The zero-order valence-corrected chi connectivity index (χ0v) is 38.8. The molecule has 0 fully saturated rings. The topological polar surface area (TPSA) is 78.9 Å². The summed E-state index contributed by atoms with van der Waals surface area (Å²) in [5.41, 5.74) is 0. The van der Waals surface area contributed by atoms with Crippen LogP contribution < -0.4 is 0 Å². The van der Waals surface area contributed by atoms with Crippen LogP contribution in [0.3, 0.4) is 0 Å². The molecule has 0 spiro atoms. The largest absolute Gasteiger partial charge is 0.462 e. The zero-order valence-electron chi connectivity index (χ0n) is 38.8. The van der Waals surface area contributed by atoms with Gasteiger partial charge in [-0.2, -0.15) is 0 Å². The van der Waals surface area contributed by atoms with E-state index in [1.165, 1.54) is 6.42 Å². The molecule has 0 saturated heterocycles. The van der Waals surface area contributed by atoms with E-state index in [1.54, 1.807) is 0 Å². The highest BCUT2D eigenvalue weighted by molar-refractivity contribution is 5.71. The fourth-order valence-electron chi connectivity index (χ4n) is 5.54. The smallest absolute Gasteiger partial charge is 0.306 e. The van der Waals surface area contributed by atoms with E-state index in [9.17, 15) is 14.4 Å². The van der Waals surface area contributed by atoms with Gasteiger partial charge in [0.25, 0.3) is 0 Å². The van der Waals surface area contributed by atoms with E-state index in [0.29, 0.717) is 19.3 Å². The van der Waals surface area contributed by atoms with Gasteiger partial charge in [0.2, 0.25) is 0 Å². The monoisotopic (exact) mass is 851 g/mol. The summed E-state index contributed by atoms with van der Waals surface area (Å²) < 4.78 is 16.6. The molecule has 62 heavy (non-hydrogen) atoms. The third-order valence-corrected chi connectivity index (χ3v) is 9.02. The van der Waals surface area contributed by atoms with Gasteiger partial charge in [0.05, 0.1) is 0 Å². The Kier molecular flexibility index (Phi) is 44.8. The van der Waals surface area contributed by atoms with Gasteiger partial charge in [0.1, 0.15) is 13.2 Å². The molecular weight excluding hydrogens is 769 g/mol. The van der Waals surface area contributed by atoms with Crippen LogP contribution in [0.15, 0.2) is 158 Å². The molecule has 6 nitrogen and oxygen atoms in total. The van der Waals surface area contributed by atoms with Crippen molar-refractivity contribution in [2.45, 2.75) is 162 Å². The molecule has 0 aliphatic heterocycles. The van der Waals surface area contributed by atoms with Gasteiger partial charge in [-0.1, -0.05) is 211 Å². The Morgan fingerprint density at radius 1 is 0.355 bits per heavy atom. The number of ether oxygens (including phenoxy) is 3. The van der Waals surface area contributed by atoms with E-state index < -0.39 is 6.10 Å². The Bertz CT molecular complexity index is 1490. The van der Waals surface area contributed by atoms with Crippen LogP contribution in [-0.2, 0) is 28.6 Å². The second-order valence-corrected chi connectivity index (χ2v) is 14.8. The van der Waals surface area contributed by atoms with Gasteiger partial charge in [-0.25, -0.2) is 0 Å². The standard InChI is InChI=1S/C56H82O6/c1-4-7-10-13-16-19-21-23-25-27-29-30-32-34-37-40-43-46-49-55(58)61-52-53(51-60-54(57)48-45-42-39-36-18-15-12-9-6-3)62-56(59)50-47-44-41-38-35-33-31-28-26-24-22-20-17-14-11-8-5-2/h8-14,16-31,33,35-36,53H,4-7,15,32,34,37-52H2,1-3H3/b11-8-,12-9-,13-10-,17-14-,19-16-,22-20-,23-21-,26-24-,27-25-,30-29-,31-28+,35-33-,36-18-. The molecule has 0 aromatic carbocycles. The van der Waals surface area contributed by atoms with Crippen molar-refractivity contribution >= 4 is 17.9 Å². The van der Waals surface area contributed by atoms with Crippen molar-refractivity contribution < 1.29 is 28.6 Å². The van der Waals surface area contributed by atoms with Gasteiger partial charge < -0.3 is 14.2 Å². The van der Waals surface area contributed by atoms with Gasteiger partial charge in [0.15, 0.2) is 6.10 Å². The normalized spacial score (nSPS) is 13.5. The molecule has 1 unspecified atom stereocenters. The third kappa shape index (κ3) is 46.1. The summed E-state index contributed by atoms with van der Waals surface area (Å²) >= 11 is 0. The van der Waals surface area contributed by atoms with Crippen molar-refractivity contribution in [3.05, 3.63) is 158 Å². The maximum atomic E-state index is 12.7. The van der Waals surface area contributed by atoms with Crippen molar-refractivity contribution in [3.8, 4) is 0 Å². The molecule has 0 saturated carbocycles. The minimum absolute atomic E-state index is 0.129. The van der Waals surface area contributed by atoms with Crippen molar-refractivity contribution in [3.63, 3.8) is 0 Å². The van der Waals surface area contributed by atoms with E-state index in [-0.39, 0.29) is 44.0 Å². The summed E-state index contributed by atoms with van der Waals surface area (Å²) in [7, 11) is 0. The second-order valence-electron chi connectivity index (χ2n) is 14.8. The second kappa shape index (κ2) is 48.7. The molecule has 0 N–H and O–H groups in total. The third-order valence-electron chi connectivity index (χ3n) is 9.02. The molecule has 0 radical (unpaired) electrons. The van der Waals surface area contributed by atoms with Crippen LogP contribution in [0.1, 0.15) is 156 Å². The predicted molar refractivity (Wildman–Crippen MR) is 265 cm³/mol. The number of rotatable bonds is 39. The number of carbonyl (C=O) groups excluding carboxylic acids is 3. The lowest BCUT2D eigenvalue weighted by molar-refractivity contribution is -0.167. The summed E-state index contributed by atoms with van der Waals surface area (Å²) in [5, 5.41) is 0.